The molecular weight excluding hydrogens is 378 g/mol. The number of hydrogen-bond donors (Lipinski definition) is 0. The van der Waals surface area contributed by atoms with Gasteiger partial charge in [-0.3, -0.25) is 9.59 Å². The Bertz CT molecular complexity index is 846. The zero-order chi connectivity index (χ0) is 20.3. The van der Waals surface area contributed by atoms with Gasteiger partial charge >= 0.3 is 5.97 Å². The normalized spacial score (nSPS) is 20.0. The summed E-state index contributed by atoms with van der Waals surface area (Å²) in [5.74, 6) is -0.102. The number of esters is 1. The predicted molar refractivity (Wildman–Crippen MR) is 106 cm³/mol. The Balaban J connectivity index is 1.68. The van der Waals surface area contributed by atoms with Crippen molar-refractivity contribution in [2.45, 2.75) is 44.7 Å². The third-order valence-corrected chi connectivity index (χ3v) is 6.01. The van der Waals surface area contributed by atoms with Crippen LogP contribution in [0.1, 0.15) is 47.8 Å². The van der Waals surface area contributed by atoms with Crippen LogP contribution >= 0.6 is 11.8 Å². The van der Waals surface area contributed by atoms with E-state index in [0.29, 0.717) is 17.1 Å². The van der Waals surface area contributed by atoms with E-state index in [-0.39, 0.29) is 17.1 Å². The minimum absolute atomic E-state index is 0.248. The molecule has 0 aliphatic carbocycles. The maximum absolute atomic E-state index is 12.7. The van der Waals surface area contributed by atoms with Gasteiger partial charge in [0.1, 0.15) is 17.2 Å². The van der Waals surface area contributed by atoms with E-state index in [1.54, 1.807) is 31.2 Å². The van der Waals surface area contributed by atoms with Gasteiger partial charge in [0.2, 0.25) is 11.7 Å². The SMILES string of the molecule is CCc1ccc(C(=O)[C@@H](C)OC(=O)[C@H]2CS[C@H](c3ccco3)N2C(C)=O)cc1. The summed E-state index contributed by atoms with van der Waals surface area (Å²) in [5, 5.41) is -0.377. The Morgan fingerprint density at radius 2 is 1.96 bits per heavy atom. The van der Waals surface area contributed by atoms with Gasteiger partial charge in [-0.05, 0) is 31.0 Å². The van der Waals surface area contributed by atoms with Crippen LogP contribution in [-0.4, -0.2) is 40.5 Å². The first-order valence-corrected chi connectivity index (χ1v) is 10.2. The molecule has 0 N–H and O–H groups in total. The molecule has 1 aromatic carbocycles. The van der Waals surface area contributed by atoms with Crippen LogP contribution in [0.4, 0.5) is 0 Å². The molecule has 1 aliphatic rings. The van der Waals surface area contributed by atoms with Gasteiger partial charge in [-0.2, -0.15) is 0 Å². The van der Waals surface area contributed by atoms with Crippen molar-refractivity contribution in [3.05, 3.63) is 59.5 Å². The monoisotopic (exact) mass is 401 g/mol. The summed E-state index contributed by atoms with van der Waals surface area (Å²) in [6.45, 7) is 5.00. The van der Waals surface area contributed by atoms with Gasteiger partial charge < -0.3 is 14.1 Å². The minimum atomic E-state index is -0.929. The minimum Gasteiger partial charge on any atom is -0.466 e. The van der Waals surface area contributed by atoms with Gasteiger partial charge in [-0.1, -0.05) is 31.2 Å². The van der Waals surface area contributed by atoms with Crippen molar-refractivity contribution in [3.8, 4) is 0 Å². The maximum atomic E-state index is 12.7. The number of thioether (sulfide) groups is 1. The largest absolute Gasteiger partial charge is 0.466 e. The number of ether oxygens (including phenoxy) is 1. The number of ketones is 1. The summed E-state index contributed by atoms with van der Waals surface area (Å²) in [7, 11) is 0. The summed E-state index contributed by atoms with van der Waals surface area (Å²) in [6, 6.07) is 10.0. The van der Waals surface area contributed by atoms with E-state index in [1.165, 1.54) is 29.8 Å². The molecule has 2 aromatic rings. The highest BCUT2D eigenvalue weighted by molar-refractivity contribution is 7.99. The molecule has 0 bridgehead atoms. The van der Waals surface area contributed by atoms with Gasteiger partial charge in [-0.25, -0.2) is 4.79 Å². The molecule has 7 heteroatoms. The molecule has 2 heterocycles. The second-order valence-electron chi connectivity index (χ2n) is 6.64. The van der Waals surface area contributed by atoms with Crippen LogP contribution in [0.3, 0.4) is 0 Å². The Labute approximate surface area is 168 Å². The van der Waals surface area contributed by atoms with E-state index in [2.05, 4.69) is 0 Å². The van der Waals surface area contributed by atoms with Crippen molar-refractivity contribution in [1.29, 1.82) is 0 Å². The smallest absolute Gasteiger partial charge is 0.330 e. The second kappa shape index (κ2) is 8.65. The molecule has 1 saturated heterocycles. The van der Waals surface area contributed by atoms with Gasteiger partial charge in [0.05, 0.1) is 6.26 Å². The van der Waals surface area contributed by atoms with Crippen LogP contribution in [0.15, 0.2) is 47.1 Å². The Morgan fingerprint density at radius 1 is 1.25 bits per heavy atom. The number of nitrogens with zero attached hydrogens (tertiary/aromatic N) is 1. The molecular formula is C21H23NO5S. The molecule has 3 rings (SSSR count). The molecule has 1 fully saturated rings. The predicted octanol–water partition coefficient (Wildman–Crippen LogP) is 3.62. The third-order valence-electron chi connectivity index (χ3n) is 4.73. The summed E-state index contributed by atoms with van der Waals surface area (Å²) >= 11 is 1.43. The van der Waals surface area contributed by atoms with E-state index in [0.717, 1.165) is 12.0 Å². The molecule has 0 radical (unpaired) electrons. The lowest BCUT2D eigenvalue weighted by Crippen LogP contribution is -2.44. The zero-order valence-electron chi connectivity index (χ0n) is 16.1. The van der Waals surface area contributed by atoms with E-state index >= 15 is 0 Å². The standard InChI is InChI=1S/C21H23NO5S/c1-4-15-7-9-16(10-8-15)19(24)13(2)27-21(25)17-12-28-20(22(17)14(3)23)18-6-5-11-26-18/h5-11,13,17,20H,4,12H2,1-3H3/t13-,17-,20-/m1/s1. The molecule has 0 spiro atoms. The lowest BCUT2D eigenvalue weighted by molar-refractivity contribution is -0.155. The second-order valence-corrected chi connectivity index (χ2v) is 7.75. The topological polar surface area (TPSA) is 76.8 Å². The average Bonchev–Trinajstić information content (AvgIpc) is 3.36. The highest BCUT2D eigenvalue weighted by atomic mass is 32.2. The number of carbonyl (C=O) groups excluding carboxylic acids is 3. The van der Waals surface area contributed by atoms with Crippen molar-refractivity contribution < 1.29 is 23.5 Å². The molecule has 1 aromatic heterocycles. The van der Waals surface area contributed by atoms with Gasteiger partial charge in [0.25, 0.3) is 0 Å². The molecule has 28 heavy (non-hydrogen) atoms. The summed E-state index contributed by atoms with van der Waals surface area (Å²) in [4.78, 5) is 38.9. The van der Waals surface area contributed by atoms with Gasteiger partial charge in [0.15, 0.2) is 6.10 Å². The number of amides is 1. The zero-order valence-corrected chi connectivity index (χ0v) is 16.9. The first kappa shape index (κ1) is 20.2. The highest BCUT2D eigenvalue weighted by Crippen LogP contribution is 2.41. The lowest BCUT2D eigenvalue weighted by Gasteiger charge is -2.26. The third kappa shape index (κ3) is 4.14. The van der Waals surface area contributed by atoms with Crippen LogP contribution in [-0.2, 0) is 20.7 Å². The van der Waals surface area contributed by atoms with Crippen molar-refractivity contribution in [2.75, 3.05) is 5.75 Å². The molecule has 3 atom stereocenters. The molecule has 6 nitrogen and oxygen atoms in total. The van der Waals surface area contributed by atoms with E-state index in [1.807, 2.05) is 19.1 Å². The van der Waals surface area contributed by atoms with E-state index in [4.69, 9.17) is 9.15 Å². The fraction of sp³-hybridized carbons (Fsp3) is 0.381. The van der Waals surface area contributed by atoms with Gasteiger partial charge in [0, 0.05) is 18.2 Å². The Kier molecular flexibility index (Phi) is 6.24. The van der Waals surface area contributed by atoms with Crippen LogP contribution in [0.5, 0.6) is 0 Å². The molecule has 0 saturated carbocycles. The lowest BCUT2D eigenvalue weighted by atomic mass is 10.0. The number of benzene rings is 1. The summed E-state index contributed by atoms with van der Waals surface area (Å²) < 4.78 is 10.8. The van der Waals surface area contributed by atoms with Crippen molar-refractivity contribution in [3.63, 3.8) is 0 Å². The molecule has 148 valence electrons. The van der Waals surface area contributed by atoms with E-state index < -0.39 is 18.1 Å². The Morgan fingerprint density at radius 3 is 2.54 bits per heavy atom. The average molecular weight is 401 g/mol. The first-order valence-electron chi connectivity index (χ1n) is 9.20. The number of hydrogen-bond acceptors (Lipinski definition) is 6. The van der Waals surface area contributed by atoms with Crippen LogP contribution in [0, 0.1) is 0 Å². The number of rotatable bonds is 6. The van der Waals surface area contributed by atoms with Crippen molar-refractivity contribution >= 4 is 29.4 Å². The van der Waals surface area contributed by atoms with Crippen LogP contribution in [0.2, 0.25) is 0 Å². The fourth-order valence-corrected chi connectivity index (χ4v) is 4.58. The fourth-order valence-electron chi connectivity index (χ4n) is 3.17. The highest BCUT2D eigenvalue weighted by Gasteiger charge is 2.43. The van der Waals surface area contributed by atoms with Gasteiger partial charge in [-0.15, -0.1) is 11.8 Å². The Hall–Kier alpha value is -2.54. The molecule has 0 unspecified atom stereocenters. The summed E-state index contributed by atoms with van der Waals surface area (Å²) in [5.41, 5.74) is 1.63. The first-order chi connectivity index (χ1) is 13.4. The van der Waals surface area contributed by atoms with Crippen molar-refractivity contribution in [2.24, 2.45) is 0 Å². The van der Waals surface area contributed by atoms with Crippen molar-refractivity contribution in [1.82, 2.24) is 4.90 Å². The van der Waals surface area contributed by atoms with Crippen LogP contribution < -0.4 is 0 Å². The van der Waals surface area contributed by atoms with Crippen LogP contribution in [0.25, 0.3) is 0 Å². The number of Topliss-reactive ketones (excluding diaryl/α,β-unsaturated/α-hetero) is 1. The summed E-state index contributed by atoms with van der Waals surface area (Å²) in [6.07, 6.45) is 1.49. The number of aryl methyl sites for hydroxylation is 1. The van der Waals surface area contributed by atoms with E-state index in [9.17, 15) is 14.4 Å². The molecule has 1 aliphatic heterocycles. The number of carbonyl (C=O) groups is 3. The molecule has 1 amide bonds. The quantitative estimate of drug-likeness (QED) is 0.544. The number of furan rings is 1. The maximum Gasteiger partial charge on any atom is 0.330 e.